The van der Waals surface area contributed by atoms with Gasteiger partial charge in [-0.05, 0) is 43.0 Å². The molecular weight excluding hydrogens is 172 g/mol. The first-order valence-corrected chi connectivity index (χ1v) is 4.91. The van der Waals surface area contributed by atoms with Crippen LogP contribution in [0.4, 0.5) is 0 Å². The van der Waals surface area contributed by atoms with Crippen LogP contribution in [-0.4, -0.2) is 5.78 Å². The predicted molar refractivity (Wildman–Crippen MR) is 58.2 cm³/mol. The molecule has 0 spiro atoms. The van der Waals surface area contributed by atoms with Gasteiger partial charge in [0.15, 0.2) is 5.78 Å². The number of aryl methyl sites for hydroxylation is 1. The van der Waals surface area contributed by atoms with E-state index < -0.39 is 0 Å². The van der Waals surface area contributed by atoms with Crippen LogP contribution in [0.1, 0.15) is 30.5 Å². The van der Waals surface area contributed by atoms with Crippen molar-refractivity contribution in [1.29, 1.82) is 0 Å². The number of carbonyl (C=O) groups is 1. The molecule has 0 heterocycles. The summed E-state index contributed by atoms with van der Waals surface area (Å²) in [5.41, 5.74) is 6.02. The van der Waals surface area contributed by atoms with Crippen molar-refractivity contribution in [1.82, 2.24) is 0 Å². The van der Waals surface area contributed by atoms with Crippen molar-refractivity contribution in [2.24, 2.45) is 0 Å². The number of hydrogen-bond acceptors (Lipinski definition) is 1. The van der Waals surface area contributed by atoms with Crippen LogP contribution in [0.3, 0.4) is 0 Å². The van der Waals surface area contributed by atoms with Gasteiger partial charge in [0, 0.05) is 12.0 Å². The monoisotopic (exact) mass is 186 g/mol. The number of benzene rings is 1. The fourth-order valence-corrected chi connectivity index (χ4v) is 2.15. The fourth-order valence-electron chi connectivity index (χ4n) is 2.15. The second-order valence-corrected chi connectivity index (χ2v) is 3.94. The van der Waals surface area contributed by atoms with Gasteiger partial charge in [-0.25, -0.2) is 0 Å². The van der Waals surface area contributed by atoms with Gasteiger partial charge in [0.1, 0.15) is 0 Å². The maximum atomic E-state index is 11.4. The van der Waals surface area contributed by atoms with E-state index in [9.17, 15) is 4.79 Å². The Hall–Kier alpha value is -1.37. The SMILES string of the molecule is CC(=O)C1=C(C)c2cccc(C)c2C1. The molecule has 0 fully saturated rings. The van der Waals surface area contributed by atoms with Gasteiger partial charge >= 0.3 is 0 Å². The maximum absolute atomic E-state index is 11.4. The number of rotatable bonds is 1. The summed E-state index contributed by atoms with van der Waals surface area (Å²) < 4.78 is 0. The number of carbonyl (C=O) groups excluding carboxylic acids is 1. The summed E-state index contributed by atoms with van der Waals surface area (Å²) in [6, 6.07) is 6.27. The third-order valence-electron chi connectivity index (χ3n) is 3.05. The van der Waals surface area contributed by atoms with Crippen molar-refractivity contribution in [3.8, 4) is 0 Å². The first-order chi connectivity index (χ1) is 6.61. The summed E-state index contributed by atoms with van der Waals surface area (Å²) in [4.78, 5) is 11.4. The summed E-state index contributed by atoms with van der Waals surface area (Å²) in [5.74, 6) is 0.207. The van der Waals surface area contributed by atoms with Crippen molar-refractivity contribution >= 4 is 11.4 Å². The smallest absolute Gasteiger partial charge is 0.156 e. The average Bonchev–Trinajstić information content (AvgIpc) is 2.46. The highest BCUT2D eigenvalue weighted by Gasteiger charge is 2.21. The van der Waals surface area contributed by atoms with Crippen molar-refractivity contribution in [3.63, 3.8) is 0 Å². The van der Waals surface area contributed by atoms with Gasteiger partial charge < -0.3 is 0 Å². The molecule has 0 radical (unpaired) electrons. The van der Waals surface area contributed by atoms with Gasteiger partial charge in [-0.1, -0.05) is 18.2 Å². The number of hydrogen-bond donors (Lipinski definition) is 0. The molecule has 0 aliphatic heterocycles. The molecule has 0 atom stereocenters. The lowest BCUT2D eigenvalue weighted by Crippen LogP contribution is -1.97. The minimum Gasteiger partial charge on any atom is -0.295 e. The van der Waals surface area contributed by atoms with Gasteiger partial charge in [-0.2, -0.15) is 0 Å². The van der Waals surface area contributed by atoms with E-state index in [4.69, 9.17) is 0 Å². The summed E-state index contributed by atoms with van der Waals surface area (Å²) >= 11 is 0. The Morgan fingerprint density at radius 1 is 1.29 bits per heavy atom. The lowest BCUT2D eigenvalue weighted by Gasteiger charge is -2.03. The fraction of sp³-hybridized carbons (Fsp3) is 0.308. The summed E-state index contributed by atoms with van der Waals surface area (Å²) in [6.07, 6.45) is 0.823. The largest absolute Gasteiger partial charge is 0.295 e. The van der Waals surface area contributed by atoms with Gasteiger partial charge in [0.2, 0.25) is 0 Å². The molecule has 72 valence electrons. The molecule has 0 unspecified atom stereocenters. The molecule has 0 bridgehead atoms. The van der Waals surface area contributed by atoms with Crippen LogP contribution in [0.15, 0.2) is 23.8 Å². The third-order valence-corrected chi connectivity index (χ3v) is 3.05. The van der Waals surface area contributed by atoms with E-state index in [1.807, 2.05) is 6.92 Å². The zero-order chi connectivity index (χ0) is 10.3. The van der Waals surface area contributed by atoms with Crippen molar-refractivity contribution < 1.29 is 4.79 Å². The highest BCUT2D eigenvalue weighted by atomic mass is 16.1. The van der Waals surface area contributed by atoms with Gasteiger partial charge in [-0.3, -0.25) is 4.79 Å². The quantitative estimate of drug-likeness (QED) is 0.659. The first-order valence-electron chi connectivity index (χ1n) is 4.91. The van der Waals surface area contributed by atoms with Crippen molar-refractivity contribution in [3.05, 3.63) is 40.5 Å². The standard InChI is InChI=1S/C13H14O/c1-8-5-4-6-11-9(2)13(10(3)14)7-12(8)11/h4-6H,7H2,1-3H3. The zero-order valence-electron chi connectivity index (χ0n) is 8.85. The van der Waals surface area contributed by atoms with Crippen LogP contribution in [0.25, 0.3) is 5.57 Å². The Kier molecular flexibility index (Phi) is 2.03. The molecular formula is C13H14O. The Morgan fingerprint density at radius 3 is 2.57 bits per heavy atom. The van der Waals surface area contributed by atoms with Crippen LogP contribution in [0.2, 0.25) is 0 Å². The third kappa shape index (κ3) is 1.20. The molecule has 1 heteroatoms. The molecule has 1 aliphatic carbocycles. The second kappa shape index (κ2) is 3.09. The van der Waals surface area contributed by atoms with Crippen molar-refractivity contribution in [2.75, 3.05) is 0 Å². The van der Waals surface area contributed by atoms with Crippen LogP contribution in [0, 0.1) is 6.92 Å². The second-order valence-electron chi connectivity index (χ2n) is 3.94. The molecule has 0 saturated heterocycles. The van der Waals surface area contributed by atoms with E-state index in [2.05, 4.69) is 25.1 Å². The summed E-state index contributed by atoms with van der Waals surface area (Å²) in [7, 11) is 0. The summed E-state index contributed by atoms with van der Waals surface area (Å²) in [6.45, 7) is 5.80. The van der Waals surface area contributed by atoms with Crippen molar-refractivity contribution in [2.45, 2.75) is 27.2 Å². The van der Waals surface area contributed by atoms with Crippen LogP contribution >= 0.6 is 0 Å². The molecule has 1 nitrogen and oxygen atoms in total. The average molecular weight is 186 g/mol. The number of Topliss-reactive ketones (excluding diaryl/α,β-unsaturated/α-hetero) is 1. The zero-order valence-corrected chi connectivity index (χ0v) is 8.85. The highest BCUT2D eigenvalue weighted by molar-refractivity contribution is 6.03. The van der Waals surface area contributed by atoms with Gasteiger partial charge in [0.05, 0.1) is 0 Å². The summed E-state index contributed by atoms with van der Waals surface area (Å²) in [5, 5.41) is 0. The lowest BCUT2D eigenvalue weighted by atomic mass is 10.0. The minimum atomic E-state index is 0.207. The van der Waals surface area contributed by atoms with E-state index in [0.717, 1.165) is 17.6 Å². The lowest BCUT2D eigenvalue weighted by molar-refractivity contribution is -0.113. The Morgan fingerprint density at radius 2 is 2.00 bits per heavy atom. The van der Waals surface area contributed by atoms with E-state index in [-0.39, 0.29) is 5.78 Å². The molecule has 0 saturated carbocycles. The van der Waals surface area contributed by atoms with E-state index in [1.54, 1.807) is 6.92 Å². The maximum Gasteiger partial charge on any atom is 0.156 e. The van der Waals surface area contributed by atoms with Crippen LogP contribution in [-0.2, 0) is 11.2 Å². The molecule has 2 rings (SSSR count). The molecule has 1 aliphatic rings. The van der Waals surface area contributed by atoms with Crippen LogP contribution < -0.4 is 0 Å². The molecule has 0 amide bonds. The molecule has 1 aromatic rings. The Balaban J connectivity index is 2.58. The number of fused-ring (bicyclic) bond motifs is 1. The molecule has 1 aromatic carbocycles. The molecule has 14 heavy (non-hydrogen) atoms. The Labute approximate surface area is 84.5 Å². The van der Waals surface area contributed by atoms with E-state index >= 15 is 0 Å². The normalized spacial score (nSPS) is 14.5. The van der Waals surface area contributed by atoms with Crippen LogP contribution in [0.5, 0.6) is 0 Å². The number of ketones is 1. The molecule has 0 N–H and O–H groups in total. The molecule has 0 aromatic heterocycles. The number of allylic oxidation sites excluding steroid dienone is 2. The van der Waals surface area contributed by atoms with Gasteiger partial charge in [-0.15, -0.1) is 0 Å². The topological polar surface area (TPSA) is 17.1 Å². The van der Waals surface area contributed by atoms with E-state index in [1.165, 1.54) is 16.7 Å². The first kappa shape index (κ1) is 9.20. The predicted octanol–water partition coefficient (Wildman–Crippen LogP) is 2.91. The highest BCUT2D eigenvalue weighted by Crippen LogP contribution is 2.34. The van der Waals surface area contributed by atoms with Gasteiger partial charge in [0.25, 0.3) is 0 Å². The minimum absolute atomic E-state index is 0.207. The van der Waals surface area contributed by atoms with E-state index in [0.29, 0.717) is 0 Å². The Bertz CT molecular complexity index is 439.